The van der Waals surface area contributed by atoms with Gasteiger partial charge in [0.2, 0.25) is 0 Å². The molecule has 3 aliphatic carbocycles. The zero-order chi connectivity index (χ0) is 30.6. The van der Waals surface area contributed by atoms with Gasteiger partial charge in [-0.25, -0.2) is 4.85 Å². The van der Waals surface area contributed by atoms with Crippen molar-refractivity contribution >= 4 is 5.69 Å². The first-order valence-electron chi connectivity index (χ1n) is 18.0. The number of ether oxygens (including phenoxy) is 1. The molecule has 9 rings (SSSR count). The highest BCUT2D eigenvalue weighted by molar-refractivity contribution is 5.85. The summed E-state index contributed by atoms with van der Waals surface area (Å²) < 4.78 is 7.11. The normalized spacial score (nSPS) is 31.7. The molecule has 2 heterocycles. The van der Waals surface area contributed by atoms with E-state index in [1.54, 1.807) is 0 Å². The molecule has 5 fully saturated rings. The number of hydrogen-bond acceptors (Lipinski definition) is 2. The Labute approximate surface area is 274 Å². The van der Waals surface area contributed by atoms with E-state index in [0.717, 1.165) is 46.6 Å². The number of nitrogens with zero attached hydrogens (tertiary/aromatic N) is 2. The van der Waals surface area contributed by atoms with Gasteiger partial charge in [-0.1, -0.05) is 104 Å². The zero-order valence-electron chi connectivity index (χ0n) is 26.7. The maximum Gasteiger partial charge on any atom is 0.195 e. The van der Waals surface area contributed by atoms with Crippen LogP contribution in [0.4, 0.5) is 5.69 Å². The number of hydrogen-bond donors (Lipinski definition) is 0. The first-order chi connectivity index (χ1) is 22.7. The van der Waals surface area contributed by atoms with Crippen molar-refractivity contribution in [3.8, 4) is 33.4 Å². The van der Waals surface area contributed by atoms with Crippen LogP contribution in [-0.2, 0) is 4.74 Å². The van der Waals surface area contributed by atoms with Crippen LogP contribution in [0.1, 0.15) is 75.7 Å². The van der Waals surface area contributed by atoms with E-state index >= 15 is 0 Å². The largest absolute Gasteiger partial charge is 0.372 e. The molecule has 2 saturated heterocycles. The van der Waals surface area contributed by atoms with Crippen LogP contribution < -0.4 is 0 Å². The Bertz CT molecular complexity index is 1770. The van der Waals surface area contributed by atoms with Crippen LogP contribution in [0.25, 0.3) is 38.2 Å². The summed E-state index contributed by atoms with van der Waals surface area (Å²) in [6.45, 7) is 7.95. The quantitative estimate of drug-likeness (QED) is 0.216. The van der Waals surface area contributed by atoms with E-state index < -0.39 is 0 Å². The van der Waals surface area contributed by atoms with E-state index in [9.17, 15) is 0 Å². The van der Waals surface area contributed by atoms with E-state index in [1.807, 2.05) is 24.3 Å². The molecule has 0 N–H and O–H groups in total. The van der Waals surface area contributed by atoms with Crippen molar-refractivity contribution in [2.24, 2.45) is 11.8 Å². The molecule has 0 radical (unpaired) electrons. The Morgan fingerprint density at radius 2 is 1.35 bits per heavy atom. The minimum absolute atomic E-state index is 0.373. The third-order valence-corrected chi connectivity index (χ3v) is 12.5. The SMILES string of the molecule is [C-]#[N+]c1cc(-c2ccccc2)ccc1-c1cccc(-c2cccc(C3CCC4C(C3)OC3CCCC5C6CCCCC6N4C35)c2)c1. The van der Waals surface area contributed by atoms with Crippen molar-refractivity contribution in [3.05, 3.63) is 114 Å². The van der Waals surface area contributed by atoms with Gasteiger partial charge in [-0.05, 0) is 114 Å². The molecule has 8 atom stereocenters. The molecule has 2 aliphatic heterocycles. The molecule has 0 amide bonds. The van der Waals surface area contributed by atoms with E-state index in [1.165, 1.54) is 74.5 Å². The van der Waals surface area contributed by atoms with Crippen molar-refractivity contribution in [2.45, 2.75) is 100 Å². The number of morpholine rings is 1. The molecule has 8 unspecified atom stereocenters. The van der Waals surface area contributed by atoms with Crippen LogP contribution >= 0.6 is 0 Å². The summed E-state index contributed by atoms with van der Waals surface area (Å²) in [7, 11) is 0. The Kier molecular flexibility index (Phi) is 7.33. The molecular formula is C43H44N2O. The molecule has 0 aromatic heterocycles. The van der Waals surface area contributed by atoms with Crippen molar-refractivity contribution in [1.82, 2.24) is 4.90 Å². The summed E-state index contributed by atoms with van der Waals surface area (Å²) in [5.41, 5.74) is 8.93. The van der Waals surface area contributed by atoms with Gasteiger partial charge < -0.3 is 4.74 Å². The van der Waals surface area contributed by atoms with Gasteiger partial charge >= 0.3 is 0 Å². The fourth-order valence-corrected chi connectivity index (χ4v) is 10.5. The molecule has 5 aliphatic rings. The molecule has 3 saturated carbocycles. The van der Waals surface area contributed by atoms with Crippen LogP contribution in [0.5, 0.6) is 0 Å². The van der Waals surface area contributed by atoms with Gasteiger partial charge in [-0.15, -0.1) is 0 Å². The zero-order valence-corrected chi connectivity index (χ0v) is 26.7. The molecule has 3 nitrogen and oxygen atoms in total. The second kappa shape index (κ2) is 11.8. The van der Waals surface area contributed by atoms with Gasteiger partial charge in [0, 0.05) is 18.1 Å². The minimum atomic E-state index is 0.373. The second-order valence-electron chi connectivity index (χ2n) is 14.8. The summed E-state index contributed by atoms with van der Waals surface area (Å²) in [6.07, 6.45) is 14.3. The van der Waals surface area contributed by atoms with Crippen LogP contribution in [0.2, 0.25) is 0 Å². The highest BCUT2D eigenvalue weighted by Gasteiger charge is 2.59. The van der Waals surface area contributed by atoms with Gasteiger partial charge in [-0.2, -0.15) is 0 Å². The van der Waals surface area contributed by atoms with Gasteiger partial charge in [-0.3, -0.25) is 4.90 Å². The predicted molar refractivity (Wildman–Crippen MR) is 187 cm³/mol. The van der Waals surface area contributed by atoms with Gasteiger partial charge in [0.15, 0.2) is 5.69 Å². The summed E-state index contributed by atoms with van der Waals surface area (Å²) in [6, 6.07) is 36.8. The summed E-state index contributed by atoms with van der Waals surface area (Å²) in [4.78, 5) is 7.02. The van der Waals surface area contributed by atoms with Crippen LogP contribution in [0.15, 0.2) is 97.1 Å². The Balaban J connectivity index is 0.966. The lowest BCUT2D eigenvalue weighted by Gasteiger charge is -2.54. The van der Waals surface area contributed by atoms with Gasteiger partial charge in [0.05, 0.1) is 18.8 Å². The molecule has 0 spiro atoms. The smallest absolute Gasteiger partial charge is 0.195 e. The van der Waals surface area contributed by atoms with Crippen LogP contribution in [0.3, 0.4) is 0 Å². The van der Waals surface area contributed by atoms with E-state index in [2.05, 4.69) is 82.5 Å². The van der Waals surface area contributed by atoms with E-state index in [-0.39, 0.29) is 0 Å². The van der Waals surface area contributed by atoms with Crippen LogP contribution in [-0.4, -0.2) is 35.2 Å². The molecule has 3 heteroatoms. The first kappa shape index (κ1) is 28.5. The highest BCUT2D eigenvalue weighted by atomic mass is 16.5. The average molecular weight is 605 g/mol. The predicted octanol–water partition coefficient (Wildman–Crippen LogP) is 10.7. The average Bonchev–Trinajstić information content (AvgIpc) is 3.47. The maximum absolute atomic E-state index is 7.95. The van der Waals surface area contributed by atoms with E-state index in [4.69, 9.17) is 11.3 Å². The van der Waals surface area contributed by atoms with E-state index in [0.29, 0.717) is 35.9 Å². The third kappa shape index (κ3) is 4.85. The lowest BCUT2D eigenvalue weighted by molar-refractivity contribution is -0.179. The standard InChI is InChI=1S/C43H44N2O/c1-44-38-26-32(28-10-3-2-4-11-28)20-22-35(38)34-15-8-14-31(25-34)29-12-7-13-30(24-29)33-21-23-40-42(27-33)46-41-19-9-17-37-36-16-5-6-18-39(36)45(40)43(37)41/h2-4,7-8,10-15,20,22,24-26,33,36-37,39-43H,5-6,9,16-19,21,23,27H2. The summed E-state index contributed by atoms with van der Waals surface area (Å²) >= 11 is 0. The summed E-state index contributed by atoms with van der Waals surface area (Å²) in [5.74, 6) is 2.37. The lowest BCUT2D eigenvalue weighted by atomic mass is 9.72. The fourth-order valence-electron chi connectivity index (χ4n) is 10.5. The molecule has 46 heavy (non-hydrogen) atoms. The number of benzene rings is 4. The molecule has 4 aromatic rings. The number of rotatable bonds is 4. The Morgan fingerprint density at radius 3 is 2.24 bits per heavy atom. The van der Waals surface area contributed by atoms with Crippen molar-refractivity contribution in [1.29, 1.82) is 0 Å². The van der Waals surface area contributed by atoms with Crippen molar-refractivity contribution < 1.29 is 4.74 Å². The molecule has 4 aromatic carbocycles. The monoisotopic (exact) mass is 604 g/mol. The Hall–Kier alpha value is -3.71. The van der Waals surface area contributed by atoms with Crippen molar-refractivity contribution in [3.63, 3.8) is 0 Å². The highest BCUT2D eigenvalue weighted by Crippen LogP contribution is 2.55. The molecule has 232 valence electrons. The third-order valence-electron chi connectivity index (χ3n) is 12.5. The van der Waals surface area contributed by atoms with Crippen molar-refractivity contribution in [2.75, 3.05) is 0 Å². The fraction of sp³-hybridized carbons (Fsp3) is 0.419. The van der Waals surface area contributed by atoms with Gasteiger partial charge in [0.1, 0.15) is 0 Å². The second-order valence-corrected chi connectivity index (χ2v) is 14.8. The lowest BCUT2D eigenvalue weighted by Crippen LogP contribution is -2.63. The minimum Gasteiger partial charge on any atom is -0.372 e. The number of fused-ring (bicyclic) bond motifs is 5. The topological polar surface area (TPSA) is 16.8 Å². The van der Waals surface area contributed by atoms with Crippen LogP contribution in [0, 0.1) is 18.4 Å². The molecular weight excluding hydrogens is 560 g/mol. The maximum atomic E-state index is 7.95. The summed E-state index contributed by atoms with van der Waals surface area (Å²) in [5, 5.41) is 0. The van der Waals surface area contributed by atoms with Gasteiger partial charge in [0.25, 0.3) is 0 Å². The Morgan fingerprint density at radius 1 is 0.587 bits per heavy atom. The first-order valence-corrected chi connectivity index (χ1v) is 18.0. The molecule has 0 bridgehead atoms.